The van der Waals surface area contributed by atoms with E-state index >= 15 is 0 Å². The molecule has 38 heavy (non-hydrogen) atoms. The second-order valence-electron chi connectivity index (χ2n) is 9.92. The third kappa shape index (κ3) is 4.37. The van der Waals surface area contributed by atoms with Gasteiger partial charge >= 0.3 is 5.97 Å². The van der Waals surface area contributed by atoms with Crippen LogP contribution in [0.2, 0.25) is 0 Å². The largest absolute Gasteiger partial charge is 0.467 e. The van der Waals surface area contributed by atoms with Crippen LogP contribution in [0.4, 0.5) is 0 Å². The minimum Gasteiger partial charge on any atom is -0.467 e. The highest BCUT2D eigenvalue weighted by atomic mass is 32.2. The highest BCUT2D eigenvalue weighted by Gasteiger charge is 2.46. The monoisotopic (exact) mass is 535 g/mol. The molecular formula is C28H29N3O6S. The normalized spacial score (nSPS) is 17.6. The Morgan fingerprint density at radius 1 is 1.05 bits per heavy atom. The van der Waals surface area contributed by atoms with Crippen molar-refractivity contribution < 1.29 is 27.5 Å². The second-order valence-corrected chi connectivity index (χ2v) is 11.9. The first-order valence-corrected chi connectivity index (χ1v) is 14.0. The van der Waals surface area contributed by atoms with Crippen molar-refractivity contribution in [2.75, 3.05) is 20.2 Å². The van der Waals surface area contributed by atoms with E-state index in [1.807, 2.05) is 6.07 Å². The summed E-state index contributed by atoms with van der Waals surface area (Å²) in [5, 5.41) is 0.265. The van der Waals surface area contributed by atoms with Crippen molar-refractivity contribution in [1.29, 1.82) is 0 Å². The van der Waals surface area contributed by atoms with Crippen molar-refractivity contribution in [2.45, 2.75) is 44.0 Å². The molecule has 0 radical (unpaired) electrons. The summed E-state index contributed by atoms with van der Waals surface area (Å²) < 4.78 is 33.3. The molecule has 198 valence electrons. The molecule has 0 saturated carbocycles. The molecule has 0 spiro atoms. The summed E-state index contributed by atoms with van der Waals surface area (Å²) in [6.07, 6.45) is 1.64. The van der Waals surface area contributed by atoms with Crippen LogP contribution < -0.4 is 0 Å². The third-order valence-corrected chi connectivity index (χ3v) is 9.33. The molecule has 0 bridgehead atoms. The number of rotatable bonds is 6. The maximum Gasteiger partial charge on any atom is 0.329 e. The smallest absolute Gasteiger partial charge is 0.329 e. The van der Waals surface area contributed by atoms with Crippen LogP contribution in [0.25, 0.3) is 10.9 Å². The number of imide groups is 1. The minimum absolute atomic E-state index is 0.0416. The quantitative estimate of drug-likeness (QED) is 0.351. The zero-order valence-electron chi connectivity index (χ0n) is 21.5. The molecule has 0 N–H and O–H groups in total. The predicted molar refractivity (Wildman–Crippen MR) is 140 cm³/mol. The second kappa shape index (κ2) is 9.92. The Balaban J connectivity index is 1.59. The van der Waals surface area contributed by atoms with Crippen molar-refractivity contribution in [3.05, 3.63) is 70.9 Å². The molecule has 2 aromatic carbocycles. The summed E-state index contributed by atoms with van der Waals surface area (Å²) >= 11 is 0. The van der Waals surface area contributed by atoms with E-state index in [2.05, 4.69) is 11.9 Å². The molecule has 1 atom stereocenters. The van der Waals surface area contributed by atoms with E-state index in [0.29, 0.717) is 30.2 Å². The lowest BCUT2D eigenvalue weighted by molar-refractivity contribution is -0.145. The number of methoxy groups -OCH3 is 1. The van der Waals surface area contributed by atoms with Gasteiger partial charge < -0.3 is 4.74 Å². The highest BCUT2D eigenvalue weighted by Crippen LogP contribution is 2.35. The number of aromatic nitrogens is 1. The van der Waals surface area contributed by atoms with Crippen molar-refractivity contribution in [1.82, 2.24) is 14.2 Å². The molecule has 0 unspecified atom stereocenters. The van der Waals surface area contributed by atoms with E-state index < -0.39 is 33.8 Å². The summed E-state index contributed by atoms with van der Waals surface area (Å²) in [5.41, 5.74) is 1.61. The van der Waals surface area contributed by atoms with Crippen molar-refractivity contribution in [2.24, 2.45) is 5.92 Å². The average Bonchev–Trinajstić information content (AvgIpc) is 3.18. The van der Waals surface area contributed by atoms with Crippen LogP contribution in [0.15, 0.2) is 53.4 Å². The summed E-state index contributed by atoms with van der Waals surface area (Å²) in [4.78, 5) is 45.7. The lowest BCUT2D eigenvalue weighted by Gasteiger charge is -2.29. The first-order valence-electron chi connectivity index (χ1n) is 12.6. The molecule has 2 aliphatic heterocycles. The molecule has 3 aromatic rings. The highest BCUT2D eigenvalue weighted by molar-refractivity contribution is 7.89. The number of pyridine rings is 1. The van der Waals surface area contributed by atoms with Crippen LogP contribution in [0, 0.1) is 12.8 Å². The molecule has 1 aromatic heterocycles. The molecule has 1 saturated heterocycles. The summed E-state index contributed by atoms with van der Waals surface area (Å²) in [7, 11) is -2.59. The molecule has 5 rings (SSSR count). The van der Waals surface area contributed by atoms with Gasteiger partial charge in [0.2, 0.25) is 10.0 Å². The van der Waals surface area contributed by atoms with Crippen LogP contribution in [-0.2, 0) is 26.0 Å². The van der Waals surface area contributed by atoms with Gasteiger partial charge in [-0.25, -0.2) is 13.2 Å². The molecule has 2 aliphatic rings. The maximum absolute atomic E-state index is 13.8. The van der Waals surface area contributed by atoms with Crippen LogP contribution in [0.5, 0.6) is 0 Å². The number of carbonyl (C=O) groups excluding carboxylic acids is 3. The standard InChI is InChI=1S/C28H29N3O6S/c1-17-11-13-30(14-12-17)38(35,36)20-9-10-22-21(16-20)25-24(18(2)29-22)26(32)31(27(25)33)23(28(34)37-3)15-19-7-5-4-6-8-19/h4-10,16-17,23H,11-15H2,1-3H3/t23-/m0/s1. The fourth-order valence-corrected chi connectivity index (χ4v) is 6.75. The Morgan fingerprint density at radius 2 is 1.71 bits per heavy atom. The summed E-state index contributed by atoms with van der Waals surface area (Å²) in [6.45, 7) is 4.58. The van der Waals surface area contributed by atoms with Gasteiger partial charge in [0.1, 0.15) is 6.04 Å². The third-order valence-electron chi connectivity index (χ3n) is 7.44. The zero-order valence-corrected chi connectivity index (χ0v) is 22.3. The van der Waals surface area contributed by atoms with Gasteiger partial charge in [0, 0.05) is 24.9 Å². The van der Waals surface area contributed by atoms with Crippen molar-refractivity contribution in [3.63, 3.8) is 0 Å². The van der Waals surface area contributed by atoms with Crippen molar-refractivity contribution >= 4 is 38.7 Å². The number of aryl methyl sites for hydroxylation is 1. The Kier molecular flexibility index (Phi) is 6.79. The van der Waals surface area contributed by atoms with Crippen LogP contribution in [0.3, 0.4) is 0 Å². The summed E-state index contributed by atoms with van der Waals surface area (Å²) in [5.74, 6) is -1.59. The van der Waals surface area contributed by atoms with Crippen LogP contribution in [0.1, 0.15) is 51.7 Å². The number of amides is 2. The number of sulfonamides is 1. The topological polar surface area (TPSA) is 114 Å². The van der Waals surface area contributed by atoms with E-state index in [-0.39, 0.29) is 27.8 Å². The Bertz CT molecular complexity index is 1550. The number of fused-ring (bicyclic) bond motifs is 3. The first-order chi connectivity index (χ1) is 18.1. The Hall–Kier alpha value is -3.63. The number of carbonyl (C=O) groups is 3. The van der Waals surface area contributed by atoms with Gasteiger partial charge in [-0.3, -0.25) is 19.5 Å². The van der Waals surface area contributed by atoms with E-state index in [0.717, 1.165) is 23.3 Å². The van der Waals surface area contributed by atoms with Gasteiger partial charge in [0.05, 0.1) is 34.3 Å². The minimum atomic E-state index is -3.80. The van der Waals surface area contributed by atoms with Crippen LogP contribution >= 0.6 is 0 Å². The number of esters is 1. The van der Waals surface area contributed by atoms with Gasteiger partial charge in [-0.1, -0.05) is 37.3 Å². The average molecular weight is 536 g/mol. The molecule has 0 aliphatic carbocycles. The van der Waals surface area contributed by atoms with Crippen LogP contribution in [-0.4, -0.2) is 66.6 Å². The fraction of sp³-hybridized carbons (Fsp3) is 0.357. The van der Waals surface area contributed by atoms with E-state index in [9.17, 15) is 22.8 Å². The molecule has 2 amide bonds. The maximum atomic E-state index is 13.8. The Labute approximate surface area is 221 Å². The van der Waals surface area contributed by atoms with Gasteiger partial charge in [-0.2, -0.15) is 4.31 Å². The fourth-order valence-electron chi connectivity index (χ4n) is 5.25. The molecular weight excluding hydrogens is 506 g/mol. The predicted octanol–water partition coefficient (Wildman–Crippen LogP) is 3.34. The SMILES string of the molecule is COC(=O)[C@H](Cc1ccccc1)N1C(=O)c2c(C)nc3ccc(S(=O)(=O)N4CCC(C)CC4)cc3c2C1=O. The number of benzene rings is 2. The number of piperidine rings is 1. The lowest BCUT2D eigenvalue weighted by Crippen LogP contribution is -2.46. The van der Waals surface area contributed by atoms with Gasteiger partial charge in [0.15, 0.2) is 0 Å². The van der Waals surface area contributed by atoms with Gasteiger partial charge in [0.25, 0.3) is 11.8 Å². The Morgan fingerprint density at radius 3 is 2.37 bits per heavy atom. The lowest BCUT2D eigenvalue weighted by atomic mass is 10.0. The van der Waals surface area contributed by atoms with Crippen molar-refractivity contribution in [3.8, 4) is 0 Å². The molecule has 9 nitrogen and oxygen atoms in total. The summed E-state index contributed by atoms with van der Waals surface area (Å²) in [6, 6.07) is 12.3. The number of hydrogen-bond donors (Lipinski definition) is 0. The molecule has 1 fully saturated rings. The van der Waals surface area contributed by atoms with Gasteiger partial charge in [-0.05, 0) is 49.4 Å². The van der Waals surface area contributed by atoms with E-state index in [4.69, 9.17) is 4.74 Å². The molecule has 3 heterocycles. The number of hydrogen-bond acceptors (Lipinski definition) is 7. The number of nitrogens with zero attached hydrogens (tertiary/aromatic N) is 3. The zero-order chi connectivity index (χ0) is 27.2. The first kappa shape index (κ1) is 26.0. The van der Waals surface area contributed by atoms with Gasteiger partial charge in [-0.15, -0.1) is 0 Å². The van der Waals surface area contributed by atoms with E-state index in [1.165, 1.54) is 23.5 Å². The molecule has 10 heteroatoms. The number of ether oxygens (including phenoxy) is 1. The van der Waals surface area contributed by atoms with E-state index in [1.54, 1.807) is 37.3 Å².